The van der Waals surface area contributed by atoms with Gasteiger partial charge < -0.3 is 4.90 Å². The van der Waals surface area contributed by atoms with Gasteiger partial charge in [-0.2, -0.15) is 0 Å². The molecule has 0 radical (unpaired) electrons. The average molecular weight is 311 g/mol. The first-order valence-corrected chi connectivity index (χ1v) is 8.76. The molecule has 2 heteroatoms. The standard InChI is InChI=1S/C20H25NS/c1-4-5-6-12-19-15-17(11-9-14-21(2)3)20-13-8-7-10-18(20)16-22-19/h4-8,10-13,15H,9,14,16H2,1-3H3/b5-4-,12-6-,17-11+. The molecule has 1 aliphatic rings. The lowest BCUT2D eigenvalue weighted by molar-refractivity contribution is 0.417. The Labute approximate surface area is 139 Å². The molecule has 0 spiro atoms. The number of rotatable bonds is 5. The highest BCUT2D eigenvalue weighted by atomic mass is 32.2. The summed E-state index contributed by atoms with van der Waals surface area (Å²) in [6, 6.07) is 8.76. The molecular weight excluding hydrogens is 286 g/mol. The molecule has 116 valence electrons. The molecule has 0 fully saturated rings. The van der Waals surface area contributed by atoms with Crippen LogP contribution in [0.1, 0.15) is 24.5 Å². The minimum atomic E-state index is 1.03. The monoisotopic (exact) mass is 311 g/mol. The molecule has 0 saturated carbocycles. The molecule has 0 saturated heterocycles. The molecular formula is C20H25NS. The van der Waals surface area contributed by atoms with Crippen LogP contribution in [0, 0.1) is 0 Å². The Hall–Kier alpha value is -1.51. The van der Waals surface area contributed by atoms with Gasteiger partial charge in [0.1, 0.15) is 0 Å². The molecule has 1 aromatic rings. The van der Waals surface area contributed by atoms with Crippen molar-refractivity contribution in [2.75, 3.05) is 20.6 Å². The van der Waals surface area contributed by atoms with Gasteiger partial charge in [0.2, 0.25) is 0 Å². The van der Waals surface area contributed by atoms with Crippen LogP contribution in [0.3, 0.4) is 0 Å². The lowest BCUT2D eigenvalue weighted by Gasteiger charge is -2.09. The first-order valence-electron chi connectivity index (χ1n) is 7.77. The van der Waals surface area contributed by atoms with Crippen LogP contribution in [-0.2, 0) is 5.75 Å². The zero-order valence-corrected chi connectivity index (χ0v) is 14.6. The van der Waals surface area contributed by atoms with Crippen LogP contribution in [0.15, 0.2) is 65.6 Å². The van der Waals surface area contributed by atoms with Crippen LogP contribution in [0.25, 0.3) is 5.57 Å². The predicted molar refractivity (Wildman–Crippen MR) is 101 cm³/mol. The Bertz CT molecular complexity index is 606. The number of benzene rings is 1. The second-order valence-corrected chi connectivity index (χ2v) is 6.68. The maximum Gasteiger partial charge on any atom is 0.0238 e. The van der Waals surface area contributed by atoms with E-state index in [1.165, 1.54) is 21.6 Å². The van der Waals surface area contributed by atoms with Gasteiger partial charge in [0.05, 0.1) is 0 Å². The summed E-state index contributed by atoms with van der Waals surface area (Å²) in [6.07, 6.45) is 14.2. The van der Waals surface area contributed by atoms with Crippen molar-refractivity contribution in [3.05, 3.63) is 76.8 Å². The van der Waals surface area contributed by atoms with Crippen LogP contribution >= 0.6 is 11.8 Å². The highest BCUT2D eigenvalue weighted by molar-refractivity contribution is 8.02. The van der Waals surface area contributed by atoms with Crippen LogP contribution in [0.4, 0.5) is 0 Å². The van der Waals surface area contributed by atoms with Crippen LogP contribution in [0.2, 0.25) is 0 Å². The molecule has 22 heavy (non-hydrogen) atoms. The van der Waals surface area contributed by atoms with Crippen molar-refractivity contribution in [3.63, 3.8) is 0 Å². The van der Waals surface area contributed by atoms with E-state index in [0.717, 1.165) is 18.7 Å². The molecule has 1 aromatic carbocycles. The predicted octanol–water partition coefficient (Wildman–Crippen LogP) is 5.28. The third-order valence-electron chi connectivity index (χ3n) is 3.53. The van der Waals surface area contributed by atoms with Crippen molar-refractivity contribution >= 4 is 17.3 Å². The zero-order valence-electron chi connectivity index (χ0n) is 13.8. The normalized spacial score (nSPS) is 17.3. The van der Waals surface area contributed by atoms with E-state index in [9.17, 15) is 0 Å². The van der Waals surface area contributed by atoms with Crippen molar-refractivity contribution in [2.45, 2.75) is 19.1 Å². The maximum absolute atomic E-state index is 2.37. The minimum Gasteiger partial charge on any atom is -0.309 e. The first kappa shape index (κ1) is 16.9. The number of thioether (sulfide) groups is 1. The molecule has 0 bridgehead atoms. The summed E-state index contributed by atoms with van der Waals surface area (Å²) in [5.41, 5.74) is 4.15. The van der Waals surface area contributed by atoms with E-state index >= 15 is 0 Å². The van der Waals surface area contributed by atoms with E-state index in [0.29, 0.717) is 0 Å². The van der Waals surface area contributed by atoms with E-state index in [1.54, 1.807) is 0 Å². The van der Waals surface area contributed by atoms with E-state index in [4.69, 9.17) is 0 Å². The third kappa shape index (κ3) is 5.04. The van der Waals surface area contributed by atoms with Gasteiger partial charge >= 0.3 is 0 Å². The smallest absolute Gasteiger partial charge is 0.0238 e. The number of hydrogen-bond donors (Lipinski definition) is 0. The van der Waals surface area contributed by atoms with Crippen LogP contribution in [-0.4, -0.2) is 25.5 Å². The van der Waals surface area contributed by atoms with Gasteiger partial charge in [0, 0.05) is 17.2 Å². The highest BCUT2D eigenvalue weighted by Gasteiger charge is 2.11. The number of nitrogens with zero attached hydrogens (tertiary/aromatic N) is 1. The van der Waals surface area contributed by atoms with Gasteiger partial charge in [-0.05, 0) is 56.3 Å². The van der Waals surface area contributed by atoms with Gasteiger partial charge in [-0.1, -0.05) is 48.6 Å². The van der Waals surface area contributed by atoms with Gasteiger partial charge in [-0.15, -0.1) is 11.8 Å². The molecule has 1 aliphatic heterocycles. The Kier molecular flexibility index (Phi) is 6.75. The summed E-state index contributed by atoms with van der Waals surface area (Å²) in [6.45, 7) is 3.12. The fraction of sp³-hybridized carbons (Fsp3) is 0.300. The van der Waals surface area contributed by atoms with Crippen molar-refractivity contribution in [1.29, 1.82) is 0 Å². The summed E-state index contributed by atoms with van der Waals surface area (Å²) in [4.78, 5) is 3.55. The SMILES string of the molecule is C/C=C\C=C/C1=CC(=C\CCN(C)C)/c2ccccc2CS1. The summed E-state index contributed by atoms with van der Waals surface area (Å²) in [7, 11) is 4.24. The Morgan fingerprint density at radius 1 is 1.18 bits per heavy atom. The van der Waals surface area contributed by atoms with E-state index in [-0.39, 0.29) is 0 Å². The fourth-order valence-corrected chi connectivity index (χ4v) is 3.33. The second-order valence-electron chi connectivity index (χ2n) is 5.63. The quantitative estimate of drug-likeness (QED) is 0.680. The largest absolute Gasteiger partial charge is 0.309 e. The molecule has 0 aromatic heterocycles. The Morgan fingerprint density at radius 3 is 2.77 bits per heavy atom. The first-order chi connectivity index (χ1) is 10.7. The Balaban J connectivity index is 2.30. The molecule has 0 unspecified atom stereocenters. The van der Waals surface area contributed by atoms with Crippen LogP contribution < -0.4 is 0 Å². The minimum absolute atomic E-state index is 1.03. The van der Waals surface area contributed by atoms with E-state index in [2.05, 4.69) is 79.7 Å². The topological polar surface area (TPSA) is 3.24 Å². The van der Waals surface area contributed by atoms with Crippen molar-refractivity contribution < 1.29 is 0 Å². The molecule has 0 amide bonds. The molecule has 0 N–H and O–H groups in total. The van der Waals surface area contributed by atoms with Gasteiger partial charge in [0.15, 0.2) is 0 Å². The van der Waals surface area contributed by atoms with Crippen molar-refractivity contribution in [2.24, 2.45) is 0 Å². The van der Waals surface area contributed by atoms with E-state index in [1.807, 2.05) is 18.7 Å². The number of allylic oxidation sites excluding steroid dienone is 6. The summed E-state index contributed by atoms with van der Waals surface area (Å²) in [5.74, 6) is 1.03. The molecule has 1 heterocycles. The zero-order chi connectivity index (χ0) is 15.8. The van der Waals surface area contributed by atoms with Crippen molar-refractivity contribution in [3.8, 4) is 0 Å². The molecule has 1 nitrogen and oxygen atoms in total. The fourth-order valence-electron chi connectivity index (χ4n) is 2.37. The molecule has 0 aliphatic carbocycles. The van der Waals surface area contributed by atoms with E-state index < -0.39 is 0 Å². The van der Waals surface area contributed by atoms with Gasteiger partial charge in [-0.3, -0.25) is 0 Å². The second kappa shape index (κ2) is 8.82. The van der Waals surface area contributed by atoms with Crippen molar-refractivity contribution in [1.82, 2.24) is 4.90 Å². The lowest BCUT2D eigenvalue weighted by Crippen LogP contribution is -2.12. The third-order valence-corrected chi connectivity index (χ3v) is 4.57. The maximum atomic E-state index is 2.37. The highest BCUT2D eigenvalue weighted by Crippen LogP contribution is 2.34. The molecule has 2 rings (SSSR count). The van der Waals surface area contributed by atoms with Gasteiger partial charge in [-0.25, -0.2) is 0 Å². The van der Waals surface area contributed by atoms with Gasteiger partial charge in [0.25, 0.3) is 0 Å². The summed E-state index contributed by atoms with van der Waals surface area (Å²) in [5, 5.41) is 0. The summed E-state index contributed by atoms with van der Waals surface area (Å²) < 4.78 is 0. The number of fused-ring (bicyclic) bond motifs is 1. The summed E-state index contributed by atoms with van der Waals surface area (Å²) >= 11 is 1.91. The number of hydrogen-bond acceptors (Lipinski definition) is 2. The Morgan fingerprint density at radius 2 is 2.00 bits per heavy atom. The average Bonchev–Trinajstić information content (AvgIpc) is 2.68. The van der Waals surface area contributed by atoms with Crippen LogP contribution in [0.5, 0.6) is 0 Å². The molecule has 0 atom stereocenters. The lowest BCUT2D eigenvalue weighted by atomic mass is 9.99.